The maximum Gasteiger partial charge on any atom is 0.311 e. The summed E-state index contributed by atoms with van der Waals surface area (Å²) in [4.78, 5) is 39.0. The Morgan fingerprint density at radius 3 is 2.28 bits per heavy atom. The minimum absolute atomic E-state index is 0.105. The van der Waals surface area contributed by atoms with E-state index in [0.29, 0.717) is 32.5 Å². The first-order valence-electron chi connectivity index (χ1n) is 21.3. The van der Waals surface area contributed by atoms with Crippen molar-refractivity contribution in [3.05, 3.63) is 48.0 Å². The van der Waals surface area contributed by atoms with Crippen molar-refractivity contribution < 1.29 is 59.2 Å². The fraction of sp³-hybridized carbons (Fsp3) is 0.711. The van der Waals surface area contributed by atoms with Gasteiger partial charge in [-0.05, 0) is 96.7 Å². The van der Waals surface area contributed by atoms with Crippen LogP contribution in [0.2, 0.25) is 0 Å². The smallest absolute Gasteiger partial charge is 0.311 e. The fourth-order valence-corrected chi connectivity index (χ4v) is 9.09. The van der Waals surface area contributed by atoms with Crippen LogP contribution in [0.5, 0.6) is 0 Å². The Morgan fingerprint density at radius 2 is 1.65 bits per heavy atom. The largest absolute Gasteiger partial charge is 0.483 e. The molecule has 0 unspecified atom stereocenters. The summed E-state index contributed by atoms with van der Waals surface area (Å²) in [6, 6.07) is 13.0. The van der Waals surface area contributed by atoms with Crippen molar-refractivity contribution in [2.24, 2.45) is 17.8 Å². The number of nitrogens with zero attached hydrogens (tertiary/aromatic N) is 2. The van der Waals surface area contributed by atoms with Crippen LogP contribution in [0.15, 0.2) is 42.5 Å². The zero-order valence-electron chi connectivity index (χ0n) is 37.2. The molecule has 2 heterocycles. The molecule has 60 heavy (non-hydrogen) atoms. The van der Waals surface area contributed by atoms with E-state index in [1.807, 2.05) is 80.2 Å². The molecular formula is C45H73N3O12. The first-order valence-corrected chi connectivity index (χ1v) is 21.3. The second kappa shape index (κ2) is 22.7. The molecule has 1 amide bonds. The van der Waals surface area contributed by atoms with E-state index in [-0.39, 0.29) is 49.7 Å². The number of cyclic esters (lactones) is 1. The summed E-state index contributed by atoms with van der Waals surface area (Å²) < 4.78 is 18.5. The van der Waals surface area contributed by atoms with Crippen molar-refractivity contribution in [2.45, 2.75) is 154 Å². The number of likely N-dealkylation sites (N-methyl/N-ethyl adjacent to an activating group) is 1. The molecule has 14 atom stereocenters. The molecule has 15 nitrogen and oxygen atoms in total. The van der Waals surface area contributed by atoms with Crippen LogP contribution < -0.4 is 5.32 Å². The van der Waals surface area contributed by atoms with Gasteiger partial charge in [0.2, 0.25) is 5.91 Å². The molecule has 2 saturated heterocycles. The number of fused-ring (bicyclic) bond motifs is 1. The molecule has 2 aliphatic rings. The lowest BCUT2D eigenvalue weighted by atomic mass is 9.78. The van der Waals surface area contributed by atoms with Gasteiger partial charge in [-0.1, -0.05) is 63.2 Å². The van der Waals surface area contributed by atoms with Gasteiger partial charge in [0.05, 0.1) is 36.3 Å². The number of amides is 1. The van der Waals surface area contributed by atoms with E-state index in [9.17, 15) is 35.1 Å². The lowest BCUT2D eigenvalue weighted by Crippen LogP contribution is -2.59. The number of rotatable bonds is 10. The maximum atomic E-state index is 13.7. The zero-order chi connectivity index (χ0) is 45.1. The van der Waals surface area contributed by atoms with Crippen LogP contribution >= 0.6 is 0 Å². The van der Waals surface area contributed by atoms with E-state index in [2.05, 4.69) is 5.32 Å². The minimum Gasteiger partial charge on any atom is -0.483 e. The van der Waals surface area contributed by atoms with Gasteiger partial charge >= 0.3 is 5.97 Å². The second-order valence-electron chi connectivity index (χ2n) is 17.8. The predicted octanol–water partition coefficient (Wildman–Crippen LogP) is 2.95. The first-order chi connectivity index (χ1) is 28.1. The number of aliphatic hydroxyl groups excluding tert-OH is 3. The zero-order valence-corrected chi connectivity index (χ0v) is 37.2. The quantitative estimate of drug-likeness (QED) is 0.104. The van der Waals surface area contributed by atoms with Crippen molar-refractivity contribution in [1.29, 1.82) is 0 Å². The number of carboxylic acid groups (broad SMARTS) is 1. The van der Waals surface area contributed by atoms with E-state index in [4.69, 9.17) is 24.1 Å². The first kappa shape index (κ1) is 51.1. The number of carbonyl (C=O) groups excluding carboxylic acids is 2. The number of benzene rings is 2. The van der Waals surface area contributed by atoms with Gasteiger partial charge in [0.25, 0.3) is 6.47 Å². The molecular weight excluding hydrogens is 775 g/mol. The number of carbonyl (C=O) groups is 3. The van der Waals surface area contributed by atoms with E-state index in [0.717, 1.165) is 16.3 Å². The number of nitrogens with one attached hydrogen (secondary N) is 1. The van der Waals surface area contributed by atoms with Crippen LogP contribution in [0.25, 0.3) is 10.8 Å². The van der Waals surface area contributed by atoms with Gasteiger partial charge in [0.1, 0.15) is 23.9 Å². The molecule has 2 aliphatic heterocycles. The number of ether oxygens (including phenoxy) is 3. The lowest BCUT2D eigenvalue weighted by molar-refractivity contribution is -0.299. The molecule has 15 heteroatoms. The summed E-state index contributed by atoms with van der Waals surface area (Å²) >= 11 is 0. The summed E-state index contributed by atoms with van der Waals surface area (Å²) in [5, 5.41) is 71.1. The minimum atomic E-state index is -1.86. The third kappa shape index (κ3) is 13.1. The molecule has 2 fully saturated rings. The van der Waals surface area contributed by atoms with Crippen molar-refractivity contribution in [2.75, 3.05) is 33.7 Å². The molecule has 2 aromatic carbocycles. The van der Waals surface area contributed by atoms with Crippen molar-refractivity contribution in [3.63, 3.8) is 0 Å². The highest BCUT2D eigenvalue weighted by molar-refractivity contribution is 5.90. The standard InChI is InChI=1S/C44H71N3O10.CH2O2/c1-11-35-44(8,54)39(51)30(6)47(21-15-20-45-36(48)23-32-18-14-17-31-16-12-13-19-33(31)32)25-26(2)24-43(7,53)40(28(4)37(49)29(5)41(52)56-35)57-42-38(50)34(46(9)10)22-27(3)55-42;2-1-3/h12-14,16-19,26-30,34-35,37-40,42,49-51,53-54H,11,15,20-25H2,1-10H3,(H,45,48);1H,(H,2,3)/t26-,27-,28+,29-,30-,34+,35-,37+,38-,39-,40-,42+,43-,44-;/m1./s1. The Kier molecular flexibility index (Phi) is 19.4. The van der Waals surface area contributed by atoms with Gasteiger partial charge < -0.3 is 55.1 Å². The van der Waals surface area contributed by atoms with Crippen LogP contribution in [-0.2, 0) is 35.0 Å². The van der Waals surface area contributed by atoms with Crippen LogP contribution in [0.3, 0.4) is 0 Å². The fourth-order valence-electron chi connectivity index (χ4n) is 9.09. The summed E-state index contributed by atoms with van der Waals surface area (Å²) in [6.45, 7) is 14.7. The molecule has 4 rings (SSSR count). The molecule has 0 aromatic heterocycles. The van der Waals surface area contributed by atoms with Gasteiger partial charge in [-0.15, -0.1) is 0 Å². The van der Waals surface area contributed by atoms with Gasteiger partial charge in [-0.3, -0.25) is 19.3 Å². The molecule has 7 N–H and O–H groups in total. The topological polar surface area (TPSA) is 219 Å². The summed E-state index contributed by atoms with van der Waals surface area (Å²) in [5.41, 5.74) is -2.52. The van der Waals surface area contributed by atoms with Crippen LogP contribution in [0.1, 0.15) is 86.6 Å². The van der Waals surface area contributed by atoms with Gasteiger partial charge in [-0.25, -0.2) is 0 Å². The van der Waals surface area contributed by atoms with Crippen molar-refractivity contribution in [3.8, 4) is 0 Å². The van der Waals surface area contributed by atoms with Gasteiger partial charge in [-0.2, -0.15) is 0 Å². The Balaban J connectivity index is 0.00000311. The highest BCUT2D eigenvalue weighted by Crippen LogP contribution is 2.37. The van der Waals surface area contributed by atoms with Gasteiger partial charge in [0, 0.05) is 37.6 Å². The Hall–Kier alpha value is -3.25. The highest BCUT2D eigenvalue weighted by atomic mass is 16.7. The molecule has 0 spiro atoms. The van der Waals surface area contributed by atoms with E-state index >= 15 is 0 Å². The van der Waals surface area contributed by atoms with Gasteiger partial charge in [0.15, 0.2) is 6.29 Å². The van der Waals surface area contributed by atoms with Crippen molar-refractivity contribution >= 4 is 29.1 Å². The molecule has 0 bridgehead atoms. The molecule has 0 saturated carbocycles. The van der Waals surface area contributed by atoms with E-state index in [1.54, 1.807) is 27.7 Å². The second-order valence-corrected chi connectivity index (χ2v) is 17.8. The average molecular weight is 848 g/mol. The van der Waals surface area contributed by atoms with Crippen LogP contribution in [-0.4, -0.2) is 159 Å². The molecule has 340 valence electrons. The number of hydrogen-bond acceptors (Lipinski definition) is 13. The Bertz CT molecular complexity index is 1650. The normalized spacial score (nSPS) is 36.3. The maximum absolute atomic E-state index is 13.7. The van der Waals surface area contributed by atoms with E-state index in [1.165, 1.54) is 13.8 Å². The Morgan fingerprint density at radius 1 is 1.02 bits per heavy atom. The molecule has 0 radical (unpaired) electrons. The third-order valence-electron chi connectivity index (χ3n) is 12.5. The number of hydrogen-bond donors (Lipinski definition) is 7. The third-order valence-corrected chi connectivity index (χ3v) is 12.5. The monoisotopic (exact) mass is 848 g/mol. The number of aliphatic hydroxyl groups is 5. The highest BCUT2D eigenvalue weighted by Gasteiger charge is 2.50. The van der Waals surface area contributed by atoms with Crippen LogP contribution in [0.4, 0.5) is 0 Å². The number of esters is 1. The van der Waals surface area contributed by atoms with Crippen molar-refractivity contribution in [1.82, 2.24) is 15.1 Å². The molecule has 0 aliphatic carbocycles. The summed E-state index contributed by atoms with van der Waals surface area (Å²) in [7, 11) is 3.74. The average Bonchev–Trinajstić information content (AvgIpc) is 3.19. The SMILES string of the molecule is CC[C@H]1OC(=O)[C@H](C)[C@@H](O)[C@H](C)[C@@H](O[C@@H]2O[C@H](C)C[C@H](N(C)C)[C@H]2O)[C@](C)(O)C[C@@H](C)CN(CCCNC(=O)Cc2cccc3ccccc23)[C@H](C)[C@@H](O)[C@]1(C)O.O=CO. The summed E-state index contributed by atoms with van der Waals surface area (Å²) in [6.07, 6.45) is -5.62. The van der Waals surface area contributed by atoms with E-state index < -0.39 is 71.9 Å². The van der Waals surface area contributed by atoms with Crippen LogP contribution in [0, 0.1) is 17.8 Å². The predicted molar refractivity (Wildman–Crippen MR) is 228 cm³/mol. The molecule has 2 aromatic rings. The summed E-state index contributed by atoms with van der Waals surface area (Å²) in [5.74, 6) is -3.03. The Labute approximate surface area is 356 Å². The lowest BCUT2D eigenvalue weighted by Gasteiger charge is -2.46.